The molecular weight excluding hydrogens is 241 g/mol. The number of aromatic nitrogens is 2. The molecule has 19 heavy (non-hydrogen) atoms. The van der Waals surface area contributed by atoms with Gasteiger partial charge in [0.25, 0.3) is 0 Å². The van der Waals surface area contributed by atoms with Gasteiger partial charge in [-0.05, 0) is 49.2 Å². The topological polar surface area (TPSA) is 29.3 Å². The summed E-state index contributed by atoms with van der Waals surface area (Å²) in [6, 6.07) is 6.97. The first-order valence-corrected chi connectivity index (χ1v) is 6.10. The summed E-state index contributed by atoms with van der Waals surface area (Å²) >= 11 is 0. The number of nitrogens with one attached hydrogen (secondary N) is 1. The highest BCUT2D eigenvalue weighted by atomic mass is 19.1. The molecule has 4 heteroatoms. The van der Waals surface area contributed by atoms with Gasteiger partial charge in [-0.3, -0.25) is 0 Å². The van der Waals surface area contributed by atoms with E-state index in [1.54, 1.807) is 6.20 Å². The van der Waals surface area contributed by atoms with Crippen LogP contribution in [0.3, 0.4) is 0 Å². The van der Waals surface area contributed by atoms with Gasteiger partial charge in [0, 0.05) is 24.3 Å². The van der Waals surface area contributed by atoms with Crippen molar-refractivity contribution >= 4 is 17.0 Å². The summed E-state index contributed by atoms with van der Waals surface area (Å²) < 4.78 is 15.2. The summed E-state index contributed by atoms with van der Waals surface area (Å²) in [4.78, 5) is 4.32. The standard InChI is InChI=1S/C15H14FN3/c1-10-8-12(16)9-11(2)14(10)18-13-4-3-6-19-7-5-17-15(13)19/h3-9,18H,1-2H3. The van der Waals surface area contributed by atoms with E-state index >= 15 is 0 Å². The lowest BCUT2D eigenvalue weighted by Crippen LogP contribution is -1.99. The van der Waals surface area contributed by atoms with E-state index in [1.807, 2.05) is 42.8 Å². The molecule has 1 aromatic carbocycles. The molecule has 0 unspecified atom stereocenters. The number of fused-ring (bicyclic) bond motifs is 1. The molecular formula is C15H14FN3. The molecule has 0 aliphatic rings. The minimum atomic E-state index is -0.209. The van der Waals surface area contributed by atoms with Crippen molar-refractivity contribution in [1.29, 1.82) is 0 Å². The minimum Gasteiger partial charge on any atom is -0.352 e. The van der Waals surface area contributed by atoms with E-state index in [2.05, 4.69) is 10.3 Å². The number of benzene rings is 1. The maximum absolute atomic E-state index is 13.3. The lowest BCUT2D eigenvalue weighted by Gasteiger charge is -2.13. The minimum absolute atomic E-state index is 0.209. The zero-order valence-corrected chi connectivity index (χ0v) is 10.8. The fraction of sp³-hybridized carbons (Fsp3) is 0.133. The molecule has 0 radical (unpaired) electrons. The van der Waals surface area contributed by atoms with Crippen LogP contribution in [0.1, 0.15) is 11.1 Å². The summed E-state index contributed by atoms with van der Waals surface area (Å²) in [5.41, 5.74) is 4.45. The second kappa shape index (κ2) is 4.39. The number of nitrogens with zero attached hydrogens (tertiary/aromatic N) is 2. The zero-order valence-electron chi connectivity index (χ0n) is 10.8. The summed E-state index contributed by atoms with van der Waals surface area (Å²) in [5.74, 6) is -0.209. The van der Waals surface area contributed by atoms with Crippen LogP contribution in [0.4, 0.5) is 15.8 Å². The van der Waals surface area contributed by atoms with Gasteiger partial charge in [0.1, 0.15) is 5.82 Å². The molecule has 0 amide bonds. The maximum atomic E-state index is 13.3. The van der Waals surface area contributed by atoms with Crippen molar-refractivity contribution in [2.75, 3.05) is 5.32 Å². The van der Waals surface area contributed by atoms with Crippen LogP contribution in [-0.2, 0) is 0 Å². The Hall–Kier alpha value is -2.36. The number of aryl methyl sites for hydroxylation is 2. The molecule has 0 fully saturated rings. The quantitative estimate of drug-likeness (QED) is 0.754. The SMILES string of the molecule is Cc1cc(F)cc(C)c1Nc1cccn2ccnc12. The Labute approximate surface area is 110 Å². The average Bonchev–Trinajstić information content (AvgIpc) is 2.82. The van der Waals surface area contributed by atoms with Crippen LogP contribution in [0.5, 0.6) is 0 Å². The van der Waals surface area contributed by atoms with Crippen LogP contribution in [0, 0.1) is 19.7 Å². The third-order valence-electron chi connectivity index (χ3n) is 3.18. The predicted octanol–water partition coefficient (Wildman–Crippen LogP) is 3.83. The van der Waals surface area contributed by atoms with Crippen LogP contribution in [0.15, 0.2) is 42.9 Å². The molecule has 0 bridgehead atoms. The Morgan fingerprint density at radius 3 is 2.63 bits per heavy atom. The molecule has 0 saturated heterocycles. The second-order valence-corrected chi connectivity index (χ2v) is 4.62. The van der Waals surface area contributed by atoms with E-state index in [-0.39, 0.29) is 5.82 Å². The molecule has 0 spiro atoms. The molecule has 3 aromatic rings. The smallest absolute Gasteiger partial charge is 0.160 e. The van der Waals surface area contributed by atoms with Gasteiger partial charge in [-0.2, -0.15) is 0 Å². The number of anilines is 2. The van der Waals surface area contributed by atoms with Crippen molar-refractivity contribution in [2.24, 2.45) is 0 Å². The lowest BCUT2D eigenvalue weighted by atomic mass is 10.1. The number of rotatable bonds is 2. The first-order chi connectivity index (χ1) is 9.15. The van der Waals surface area contributed by atoms with E-state index in [0.29, 0.717) is 0 Å². The first kappa shape index (κ1) is 11.7. The van der Waals surface area contributed by atoms with Gasteiger partial charge in [-0.1, -0.05) is 0 Å². The van der Waals surface area contributed by atoms with E-state index in [4.69, 9.17) is 0 Å². The number of hydrogen-bond acceptors (Lipinski definition) is 2. The molecule has 3 nitrogen and oxygen atoms in total. The Bertz CT molecular complexity index is 723. The number of halogens is 1. The van der Waals surface area contributed by atoms with Crippen LogP contribution in [-0.4, -0.2) is 9.38 Å². The molecule has 1 N–H and O–H groups in total. The normalized spacial score (nSPS) is 10.9. The average molecular weight is 255 g/mol. The fourth-order valence-electron chi connectivity index (χ4n) is 2.29. The largest absolute Gasteiger partial charge is 0.352 e. The lowest BCUT2D eigenvalue weighted by molar-refractivity contribution is 0.625. The molecule has 3 rings (SSSR count). The molecule has 2 aromatic heterocycles. The second-order valence-electron chi connectivity index (χ2n) is 4.62. The van der Waals surface area contributed by atoms with Gasteiger partial charge < -0.3 is 9.72 Å². The van der Waals surface area contributed by atoms with E-state index in [0.717, 1.165) is 28.1 Å². The van der Waals surface area contributed by atoms with Crippen molar-refractivity contribution in [1.82, 2.24) is 9.38 Å². The van der Waals surface area contributed by atoms with Gasteiger partial charge in [-0.25, -0.2) is 9.37 Å². The highest BCUT2D eigenvalue weighted by molar-refractivity contribution is 5.76. The molecule has 0 atom stereocenters. The van der Waals surface area contributed by atoms with Gasteiger partial charge in [0.2, 0.25) is 0 Å². The van der Waals surface area contributed by atoms with E-state index in [1.165, 1.54) is 12.1 Å². The first-order valence-electron chi connectivity index (χ1n) is 6.10. The van der Waals surface area contributed by atoms with Crippen LogP contribution in [0.2, 0.25) is 0 Å². The van der Waals surface area contributed by atoms with Crippen LogP contribution in [0.25, 0.3) is 5.65 Å². The number of hydrogen-bond donors (Lipinski definition) is 1. The predicted molar refractivity (Wildman–Crippen MR) is 74.3 cm³/mol. The Balaban J connectivity index is 2.09. The molecule has 2 heterocycles. The number of pyridine rings is 1. The third-order valence-corrected chi connectivity index (χ3v) is 3.18. The molecule has 96 valence electrons. The van der Waals surface area contributed by atoms with Crippen molar-refractivity contribution in [2.45, 2.75) is 13.8 Å². The monoisotopic (exact) mass is 255 g/mol. The van der Waals surface area contributed by atoms with Gasteiger partial charge in [0.15, 0.2) is 5.65 Å². The third kappa shape index (κ3) is 2.05. The highest BCUT2D eigenvalue weighted by Crippen LogP contribution is 2.27. The van der Waals surface area contributed by atoms with Crippen molar-refractivity contribution in [3.8, 4) is 0 Å². The van der Waals surface area contributed by atoms with Gasteiger partial charge in [0.05, 0.1) is 5.69 Å². The van der Waals surface area contributed by atoms with Gasteiger partial charge in [-0.15, -0.1) is 0 Å². The van der Waals surface area contributed by atoms with E-state index in [9.17, 15) is 4.39 Å². The summed E-state index contributed by atoms with van der Waals surface area (Å²) in [6.07, 6.45) is 5.59. The van der Waals surface area contributed by atoms with Crippen LogP contribution < -0.4 is 5.32 Å². The molecule has 0 aliphatic heterocycles. The van der Waals surface area contributed by atoms with Gasteiger partial charge >= 0.3 is 0 Å². The van der Waals surface area contributed by atoms with E-state index < -0.39 is 0 Å². The highest BCUT2D eigenvalue weighted by Gasteiger charge is 2.08. The van der Waals surface area contributed by atoms with Crippen LogP contribution >= 0.6 is 0 Å². The number of imidazole rings is 1. The molecule has 0 saturated carbocycles. The Kier molecular flexibility index (Phi) is 2.71. The molecule has 0 aliphatic carbocycles. The Morgan fingerprint density at radius 1 is 1.16 bits per heavy atom. The Morgan fingerprint density at radius 2 is 1.89 bits per heavy atom. The fourth-order valence-corrected chi connectivity index (χ4v) is 2.29. The maximum Gasteiger partial charge on any atom is 0.160 e. The summed E-state index contributed by atoms with van der Waals surface area (Å²) in [5, 5.41) is 3.35. The summed E-state index contributed by atoms with van der Waals surface area (Å²) in [7, 11) is 0. The van der Waals surface area contributed by atoms with Crippen molar-refractivity contribution < 1.29 is 4.39 Å². The zero-order chi connectivity index (χ0) is 13.4. The summed E-state index contributed by atoms with van der Waals surface area (Å²) in [6.45, 7) is 3.79. The van der Waals surface area contributed by atoms with Crippen molar-refractivity contribution in [3.63, 3.8) is 0 Å². The van der Waals surface area contributed by atoms with Crippen molar-refractivity contribution in [3.05, 3.63) is 59.8 Å².